The number of carbonyl (C=O) groups is 1. The standard InChI is InChI=1S/C25H26FN5O/c1-30-14-17(13-29-30)21-7-2-3-10-31(21)24(32)19-6-4-5-18(22(19)26)16-11-20-23(27-12-16)28-15-25(20)8-9-25/h4-6,11-14,21H,2-3,7-10,15H2,1H3,(H,27,28)/t21-/m1/s1. The van der Waals surface area contributed by atoms with Crippen molar-refractivity contribution in [3.8, 4) is 11.1 Å². The lowest BCUT2D eigenvalue weighted by Gasteiger charge is -2.35. The van der Waals surface area contributed by atoms with Crippen molar-refractivity contribution in [1.29, 1.82) is 0 Å². The number of fused-ring (bicyclic) bond motifs is 2. The minimum atomic E-state index is -0.467. The second-order valence-corrected chi connectivity index (χ2v) is 9.38. The Balaban J connectivity index is 1.35. The number of halogens is 1. The summed E-state index contributed by atoms with van der Waals surface area (Å²) in [7, 11) is 1.87. The summed E-state index contributed by atoms with van der Waals surface area (Å²) in [5.41, 5.74) is 3.64. The van der Waals surface area contributed by atoms with Gasteiger partial charge in [0, 0.05) is 60.2 Å². The third kappa shape index (κ3) is 3.02. The van der Waals surface area contributed by atoms with Crippen LogP contribution in [0.3, 0.4) is 0 Å². The van der Waals surface area contributed by atoms with Crippen LogP contribution in [-0.4, -0.2) is 38.7 Å². The third-order valence-electron chi connectivity index (χ3n) is 7.32. The highest BCUT2D eigenvalue weighted by Crippen LogP contribution is 2.54. The largest absolute Gasteiger partial charge is 0.369 e. The van der Waals surface area contributed by atoms with Crippen molar-refractivity contribution in [1.82, 2.24) is 19.7 Å². The van der Waals surface area contributed by atoms with Crippen molar-refractivity contribution in [3.63, 3.8) is 0 Å². The maximum Gasteiger partial charge on any atom is 0.257 e. The average molecular weight is 432 g/mol. The number of nitrogens with zero attached hydrogens (tertiary/aromatic N) is 4. The van der Waals surface area contributed by atoms with Crippen LogP contribution in [0.1, 0.15) is 59.6 Å². The highest BCUT2D eigenvalue weighted by atomic mass is 19.1. The van der Waals surface area contributed by atoms with Crippen molar-refractivity contribution in [2.75, 3.05) is 18.4 Å². The molecule has 3 aromatic rings. The Morgan fingerprint density at radius 2 is 2.12 bits per heavy atom. The Kier molecular flexibility index (Phi) is 4.35. The molecule has 1 spiro atoms. The number of nitrogens with one attached hydrogen (secondary N) is 1. The molecule has 0 bridgehead atoms. The fourth-order valence-electron chi connectivity index (χ4n) is 5.31. The van der Waals surface area contributed by atoms with Gasteiger partial charge < -0.3 is 10.2 Å². The van der Waals surface area contributed by atoms with Gasteiger partial charge in [0.05, 0.1) is 17.8 Å². The maximum absolute atomic E-state index is 15.8. The van der Waals surface area contributed by atoms with Gasteiger partial charge in [0.25, 0.3) is 5.91 Å². The van der Waals surface area contributed by atoms with Gasteiger partial charge in [-0.25, -0.2) is 9.37 Å². The van der Waals surface area contributed by atoms with Crippen LogP contribution < -0.4 is 5.32 Å². The average Bonchev–Trinajstić information content (AvgIpc) is 3.34. The quantitative estimate of drug-likeness (QED) is 0.666. The summed E-state index contributed by atoms with van der Waals surface area (Å²) >= 11 is 0. The van der Waals surface area contributed by atoms with Crippen LogP contribution in [0.25, 0.3) is 11.1 Å². The van der Waals surface area contributed by atoms with Gasteiger partial charge in [0.15, 0.2) is 0 Å². The first-order valence-corrected chi connectivity index (χ1v) is 11.4. The number of pyridine rings is 1. The van der Waals surface area contributed by atoms with Gasteiger partial charge in [-0.1, -0.05) is 12.1 Å². The molecule has 6 nitrogen and oxygen atoms in total. The Morgan fingerprint density at radius 3 is 2.91 bits per heavy atom. The maximum atomic E-state index is 15.8. The van der Waals surface area contributed by atoms with Crippen LogP contribution in [0.2, 0.25) is 0 Å². The van der Waals surface area contributed by atoms with Crippen LogP contribution >= 0.6 is 0 Å². The Morgan fingerprint density at radius 1 is 1.25 bits per heavy atom. The first kappa shape index (κ1) is 19.5. The molecule has 3 aliphatic rings. The minimum absolute atomic E-state index is 0.0736. The first-order chi connectivity index (χ1) is 15.6. The van der Waals surface area contributed by atoms with E-state index in [1.807, 2.05) is 18.1 Å². The number of hydrogen-bond acceptors (Lipinski definition) is 4. The number of benzene rings is 1. The van der Waals surface area contributed by atoms with E-state index in [1.54, 1.807) is 35.3 Å². The second-order valence-electron chi connectivity index (χ2n) is 9.38. The van der Waals surface area contributed by atoms with E-state index >= 15 is 4.39 Å². The minimum Gasteiger partial charge on any atom is -0.369 e. The smallest absolute Gasteiger partial charge is 0.257 e. The van der Waals surface area contributed by atoms with Gasteiger partial charge in [-0.2, -0.15) is 5.10 Å². The number of anilines is 1. The first-order valence-electron chi connectivity index (χ1n) is 11.4. The molecule has 1 saturated carbocycles. The van der Waals surface area contributed by atoms with Crippen molar-refractivity contribution >= 4 is 11.7 Å². The fourth-order valence-corrected chi connectivity index (χ4v) is 5.31. The summed E-state index contributed by atoms with van der Waals surface area (Å²) in [6.07, 6.45) is 10.6. The Bertz CT molecular complexity index is 1210. The molecule has 1 atom stereocenters. The molecule has 0 unspecified atom stereocenters. The lowest BCUT2D eigenvalue weighted by atomic mass is 9.94. The highest BCUT2D eigenvalue weighted by Gasteiger charge is 2.49. The molecule has 2 fully saturated rings. The van der Waals surface area contributed by atoms with Crippen molar-refractivity contribution < 1.29 is 9.18 Å². The Hall–Kier alpha value is -3.22. The van der Waals surface area contributed by atoms with Gasteiger partial charge in [0.1, 0.15) is 11.6 Å². The third-order valence-corrected chi connectivity index (χ3v) is 7.32. The zero-order valence-corrected chi connectivity index (χ0v) is 18.1. The summed E-state index contributed by atoms with van der Waals surface area (Å²) < 4.78 is 17.5. The SMILES string of the molecule is Cn1cc([C@H]2CCCCN2C(=O)c2cccc(-c3cnc4c(c3)C3(CC3)CN4)c2F)cn1. The zero-order chi connectivity index (χ0) is 21.9. The molecule has 1 saturated heterocycles. The molecule has 164 valence electrons. The number of rotatable bonds is 3. The summed E-state index contributed by atoms with van der Waals surface area (Å²) in [6, 6.07) is 7.09. The van der Waals surface area contributed by atoms with Crippen LogP contribution in [0.5, 0.6) is 0 Å². The number of hydrogen-bond donors (Lipinski definition) is 1. The number of carbonyl (C=O) groups excluding carboxylic acids is 1. The predicted molar refractivity (Wildman–Crippen MR) is 120 cm³/mol. The molecule has 2 aromatic heterocycles. The molecule has 4 heterocycles. The molecule has 1 aromatic carbocycles. The van der Waals surface area contributed by atoms with E-state index in [2.05, 4.69) is 21.5 Å². The molecule has 32 heavy (non-hydrogen) atoms. The lowest BCUT2D eigenvalue weighted by molar-refractivity contribution is 0.0607. The topological polar surface area (TPSA) is 63.1 Å². The van der Waals surface area contributed by atoms with Crippen LogP contribution in [-0.2, 0) is 12.5 Å². The van der Waals surface area contributed by atoms with Crippen molar-refractivity contribution in [2.45, 2.75) is 43.6 Å². The number of amides is 1. The van der Waals surface area contributed by atoms with Gasteiger partial charge in [0.2, 0.25) is 0 Å². The molecule has 7 heteroatoms. The molecule has 1 N–H and O–H groups in total. The molecular formula is C25H26FN5O. The summed E-state index contributed by atoms with van der Waals surface area (Å²) in [5, 5.41) is 7.64. The van der Waals surface area contributed by atoms with Gasteiger partial charge in [-0.15, -0.1) is 0 Å². The van der Waals surface area contributed by atoms with E-state index in [0.29, 0.717) is 12.1 Å². The monoisotopic (exact) mass is 431 g/mol. The molecule has 0 radical (unpaired) electrons. The van der Waals surface area contributed by atoms with E-state index < -0.39 is 5.82 Å². The van der Waals surface area contributed by atoms with Crippen LogP contribution in [0, 0.1) is 5.82 Å². The number of likely N-dealkylation sites (tertiary alicyclic amines) is 1. The molecule has 6 rings (SSSR count). The molecule has 1 amide bonds. The fraction of sp³-hybridized carbons (Fsp3) is 0.400. The van der Waals surface area contributed by atoms with Gasteiger partial charge >= 0.3 is 0 Å². The highest BCUT2D eigenvalue weighted by molar-refractivity contribution is 5.96. The molecule has 1 aliphatic carbocycles. The zero-order valence-electron chi connectivity index (χ0n) is 18.1. The number of piperidine rings is 1. The summed E-state index contributed by atoms with van der Waals surface area (Å²) in [6.45, 7) is 1.53. The second kappa shape index (κ2) is 7.15. The van der Waals surface area contributed by atoms with Gasteiger partial charge in [-0.3, -0.25) is 9.48 Å². The van der Waals surface area contributed by atoms with E-state index in [0.717, 1.165) is 55.6 Å². The number of aromatic nitrogens is 3. The van der Waals surface area contributed by atoms with E-state index in [9.17, 15) is 4.79 Å². The van der Waals surface area contributed by atoms with Crippen molar-refractivity contribution in [3.05, 3.63) is 65.4 Å². The summed E-state index contributed by atoms with van der Waals surface area (Å²) in [5.74, 6) is 0.185. The predicted octanol–water partition coefficient (Wildman–Crippen LogP) is 4.45. The summed E-state index contributed by atoms with van der Waals surface area (Å²) in [4.78, 5) is 19.9. The normalized spacial score (nSPS) is 20.8. The van der Waals surface area contributed by atoms with E-state index in [-0.39, 0.29) is 22.9 Å². The molecule has 2 aliphatic heterocycles. The van der Waals surface area contributed by atoms with Crippen molar-refractivity contribution in [2.24, 2.45) is 7.05 Å². The Labute approximate surface area is 186 Å². The van der Waals surface area contributed by atoms with E-state index in [4.69, 9.17) is 0 Å². The van der Waals surface area contributed by atoms with Crippen LogP contribution in [0.4, 0.5) is 10.2 Å². The lowest BCUT2D eigenvalue weighted by Crippen LogP contribution is -2.38. The van der Waals surface area contributed by atoms with Crippen LogP contribution in [0.15, 0.2) is 42.9 Å². The van der Waals surface area contributed by atoms with E-state index in [1.165, 1.54) is 5.56 Å². The van der Waals surface area contributed by atoms with Gasteiger partial charge in [-0.05, 0) is 44.2 Å². The molecular weight excluding hydrogens is 405 g/mol. The number of aryl methyl sites for hydroxylation is 1.